The predicted octanol–water partition coefficient (Wildman–Crippen LogP) is 3.17. The summed E-state index contributed by atoms with van der Waals surface area (Å²) in [5.41, 5.74) is 2.32. The number of hydrogen-bond donors (Lipinski definition) is 1. The minimum atomic E-state index is -0.850. The van der Waals surface area contributed by atoms with Crippen LogP contribution in [0.1, 0.15) is 11.1 Å². The van der Waals surface area contributed by atoms with Crippen LogP contribution in [0.4, 0.5) is 5.69 Å². The molecule has 28 heavy (non-hydrogen) atoms. The van der Waals surface area contributed by atoms with E-state index >= 15 is 0 Å². The third kappa shape index (κ3) is 6.45. The smallest absolute Gasteiger partial charge is 0.349 e. The largest absolute Gasteiger partial charge is 0.451 e. The Hall–Kier alpha value is -3.30. The van der Waals surface area contributed by atoms with Gasteiger partial charge in [0, 0.05) is 31.4 Å². The number of nitrogens with one attached hydrogen (secondary N) is 1. The lowest BCUT2D eigenvalue weighted by Gasteiger charge is -2.11. The molecule has 1 N–H and O–H groups in total. The molecule has 0 saturated heterocycles. The van der Waals surface area contributed by atoms with E-state index in [-0.39, 0.29) is 12.1 Å². The molecule has 0 aliphatic rings. The standard InChI is InChI=1S/C21H20ClN3O3/c1-25(2)19-8-6-15(7-9-19)10-17(12-23)21(27)28-14-20(26)24-13-16-4-3-5-18(22)11-16/h3-11H,13-14H2,1-2H3,(H,24,26)/b17-10+. The average Bonchev–Trinajstić information content (AvgIpc) is 2.69. The molecule has 0 heterocycles. The first kappa shape index (κ1) is 21.0. The molecule has 0 fully saturated rings. The van der Waals surface area contributed by atoms with Crippen molar-refractivity contribution in [1.29, 1.82) is 5.26 Å². The molecule has 0 radical (unpaired) electrons. The number of carbonyl (C=O) groups excluding carboxylic acids is 2. The number of halogens is 1. The second-order valence-corrected chi connectivity index (χ2v) is 6.57. The molecule has 0 aliphatic carbocycles. The van der Waals surface area contributed by atoms with E-state index in [9.17, 15) is 14.9 Å². The SMILES string of the molecule is CN(C)c1ccc(/C=C(\C#N)C(=O)OCC(=O)NCc2cccc(Cl)c2)cc1. The number of rotatable bonds is 7. The Morgan fingerprint density at radius 3 is 2.54 bits per heavy atom. The van der Waals surface area contributed by atoms with Crippen molar-refractivity contribution in [3.8, 4) is 6.07 Å². The van der Waals surface area contributed by atoms with E-state index in [4.69, 9.17) is 16.3 Å². The predicted molar refractivity (Wildman–Crippen MR) is 109 cm³/mol. The second kappa shape index (κ2) is 10.1. The lowest BCUT2D eigenvalue weighted by Crippen LogP contribution is -2.28. The number of nitriles is 1. The van der Waals surface area contributed by atoms with E-state index in [0.717, 1.165) is 11.3 Å². The molecule has 0 spiro atoms. The van der Waals surface area contributed by atoms with Crippen LogP contribution >= 0.6 is 11.6 Å². The van der Waals surface area contributed by atoms with Crippen molar-refractivity contribution in [2.24, 2.45) is 0 Å². The molecule has 0 bridgehead atoms. The van der Waals surface area contributed by atoms with E-state index in [1.54, 1.807) is 36.4 Å². The van der Waals surface area contributed by atoms with E-state index < -0.39 is 18.5 Å². The quantitative estimate of drug-likeness (QED) is 0.441. The maximum Gasteiger partial charge on any atom is 0.349 e. The molecule has 0 aliphatic heterocycles. The summed E-state index contributed by atoms with van der Waals surface area (Å²) in [7, 11) is 3.83. The molecular weight excluding hydrogens is 378 g/mol. The first-order valence-corrected chi connectivity index (χ1v) is 8.84. The van der Waals surface area contributed by atoms with Crippen molar-refractivity contribution in [1.82, 2.24) is 5.32 Å². The lowest BCUT2D eigenvalue weighted by atomic mass is 10.1. The summed E-state index contributed by atoms with van der Waals surface area (Å²) in [4.78, 5) is 25.8. The number of ether oxygens (including phenoxy) is 1. The van der Waals surface area contributed by atoms with Gasteiger partial charge in [-0.15, -0.1) is 0 Å². The van der Waals surface area contributed by atoms with Gasteiger partial charge in [0.2, 0.25) is 0 Å². The molecule has 6 nitrogen and oxygen atoms in total. The molecule has 144 valence electrons. The van der Waals surface area contributed by atoms with Gasteiger partial charge in [0.25, 0.3) is 5.91 Å². The molecule has 0 unspecified atom stereocenters. The first-order valence-electron chi connectivity index (χ1n) is 8.46. The van der Waals surface area contributed by atoms with Crippen molar-refractivity contribution in [2.45, 2.75) is 6.54 Å². The van der Waals surface area contributed by atoms with E-state index in [1.165, 1.54) is 6.08 Å². The summed E-state index contributed by atoms with van der Waals surface area (Å²) in [5, 5.41) is 12.4. The summed E-state index contributed by atoms with van der Waals surface area (Å²) in [6.45, 7) is -0.214. The van der Waals surface area contributed by atoms with Gasteiger partial charge in [-0.1, -0.05) is 35.9 Å². The van der Waals surface area contributed by atoms with Crippen LogP contribution in [0.15, 0.2) is 54.1 Å². The van der Waals surface area contributed by atoms with Crippen LogP contribution in [-0.2, 0) is 20.9 Å². The third-order valence-electron chi connectivity index (χ3n) is 3.77. The average molecular weight is 398 g/mol. The summed E-state index contributed by atoms with van der Waals surface area (Å²) in [5.74, 6) is -1.32. The van der Waals surface area contributed by atoms with Crippen LogP contribution in [0.25, 0.3) is 6.08 Å². The molecule has 1 amide bonds. The number of anilines is 1. The normalized spacial score (nSPS) is 10.7. The number of nitrogens with zero attached hydrogens (tertiary/aromatic N) is 2. The van der Waals surface area contributed by atoms with Crippen LogP contribution in [0.2, 0.25) is 5.02 Å². The highest BCUT2D eigenvalue weighted by Crippen LogP contribution is 2.15. The molecule has 2 aromatic rings. The Balaban J connectivity index is 1.89. The number of esters is 1. The van der Waals surface area contributed by atoms with Gasteiger partial charge in [0.1, 0.15) is 11.6 Å². The maximum atomic E-state index is 12.1. The second-order valence-electron chi connectivity index (χ2n) is 6.14. The van der Waals surface area contributed by atoms with Crippen molar-refractivity contribution in [3.05, 3.63) is 70.3 Å². The molecule has 2 rings (SSSR count). The number of carbonyl (C=O) groups is 2. The van der Waals surface area contributed by atoms with Gasteiger partial charge in [0.05, 0.1) is 0 Å². The number of benzene rings is 2. The number of amides is 1. The van der Waals surface area contributed by atoms with Crippen LogP contribution in [-0.4, -0.2) is 32.6 Å². The molecule has 2 aromatic carbocycles. The zero-order valence-corrected chi connectivity index (χ0v) is 16.4. The minimum absolute atomic E-state index is 0.180. The molecule has 0 atom stereocenters. The molecule has 0 aromatic heterocycles. The van der Waals surface area contributed by atoms with E-state index in [0.29, 0.717) is 10.6 Å². The third-order valence-corrected chi connectivity index (χ3v) is 4.01. The van der Waals surface area contributed by atoms with Gasteiger partial charge in [-0.2, -0.15) is 5.26 Å². The molecule has 7 heteroatoms. The summed E-state index contributed by atoms with van der Waals surface area (Å²) >= 11 is 5.88. The molecular formula is C21H20ClN3O3. The maximum absolute atomic E-state index is 12.1. The van der Waals surface area contributed by atoms with E-state index in [1.807, 2.05) is 37.2 Å². The Bertz CT molecular complexity index is 915. The topological polar surface area (TPSA) is 82.4 Å². The van der Waals surface area contributed by atoms with Gasteiger partial charge in [-0.05, 0) is 41.5 Å². The first-order chi connectivity index (χ1) is 13.4. The van der Waals surface area contributed by atoms with Crippen LogP contribution < -0.4 is 10.2 Å². The highest BCUT2D eigenvalue weighted by Gasteiger charge is 2.13. The zero-order chi connectivity index (χ0) is 20.5. The van der Waals surface area contributed by atoms with Gasteiger partial charge in [-0.3, -0.25) is 4.79 Å². The highest BCUT2D eigenvalue weighted by molar-refractivity contribution is 6.30. The Morgan fingerprint density at radius 2 is 1.93 bits per heavy atom. The summed E-state index contributed by atoms with van der Waals surface area (Å²) in [6, 6.07) is 16.2. The zero-order valence-electron chi connectivity index (χ0n) is 15.6. The van der Waals surface area contributed by atoms with Gasteiger partial charge in [0.15, 0.2) is 6.61 Å². The molecule has 0 saturated carbocycles. The Morgan fingerprint density at radius 1 is 1.21 bits per heavy atom. The number of hydrogen-bond acceptors (Lipinski definition) is 5. The monoisotopic (exact) mass is 397 g/mol. The highest BCUT2D eigenvalue weighted by atomic mass is 35.5. The fraction of sp³-hybridized carbons (Fsp3) is 0.190. The van der Waals surface area contributed by atoms with Gasteiger partial charge >= 0.3 is 5.97 Å². The summed E-state index contributed by atoms with van der Waals surface area (Å²) in [6.07, 6.45) is 1.42. The van der Waals surface area contributed by atoms with Crippen LogP contribution in [0.3, 0.4) is 0 Å². The Labute approximate surface area is 169 Å². The van der Waals surface area contributed by atoms with Crippen molar-refractivity contribution in [3.63, 3.8) is 0 Å². The van der Waals surface area contributed by atoms with Crippen LogP contribution in [0, 0.1) is 11.3 Å². The van der Waals surface area contributed by atoms with Gasteiger partial charge < -0.3 is 15.0 Å². The fourth-order valence-electron chi connectivity index (χ4n) is 2.28. The van der Waals surface area contributed by atoms with Gasteiger partial charge in [-0.25, -0.2) is 4.79 Å². The van der Waals surface area contributed by atoms with Crippen molar-refractivity contribution < 1.29 is 14.3 Å². The lowest BCUT2D eigenvalue weighted by molar-refractivity contribution is -0.144. The minimum Gasteiger partial charge on any atom is -0.451 e. The van der Waals surface area contributed by atoms with Crippen molar-refractivity contribution >= 4 is 35.2 Å². The summed E-state index contributed by atoms with van der Waals surface area (Å²) < 4.78 is 4.93. The fourth-order valence-corrected chi connectivity index (χ4v) is 2.49. The van der Waals surface area contributed by atoms with Crippen LogP contribution in [0.5, 0.6) is 0 Å². The van der Waals surface area contributed by atoms with Crippen molar-refractivity contribution in [2.75, 3.05) is 25.6 Å². The van der Waals surface area contributed by atoms with E-state index in [2.05, 4.69) is 5.32 Å². The Kier molecular flexibility index (Phi) is 7.61.